The summed E-state index contributed by atoms with van der Waals surface area (Å²) in [5.74, 6) is 0.480. The number of hydrogen-bond donors (Lipinski definition) is 0. The van der Waals surface area contributed by atoms with Crippen molar-refractivity contribution in [3.63, 3.8) is 0 Å². The van der Waals surface area contributed by atoms with E-state index in [2.05, 4.69) is 4.99 Å². The molecule has 30 heavy (non-hydrogen) atoms. The molecule has 1 amide bonds. The molecule has 0 unspecified atom stereocenters. The van der Waals surface area contributed by atoms with Gasteiger partial charge in [-0.15, -0.1) is 0 Å². The third-order valence-corrected chi connectivity index (χ3v) is 5.63. The number of aryl methyl sites for hydroxylation is 1. The minimum atomic E-state index is -0.433. The summed E-state index contributed by atoms with van der Waals surface area (Å²) >= 11 is 1.33. The largest absolute Gasteiger partial charge is 0.496 e. The highest BCUT2D eigenvalue weighted by Crippen LogP contribution is 2.23. The summed E-state index contributed by atoms with van der Waals surface area (Å²) in [7, 11) is 1.61. The predicted octanol–water partition coefficient (Wildman–Crippen LogP) is 3.63. The first-order chi connectivity index (χ1) is 14.4. The number of nitro benzene ring substituents is 1. The Morgan fingerprint density at radius 3 is 2.73 bits per heavy atom. The zero-order valence-electron chi connectivity index (χ0n) is 17.1. The van der Waals surface area contributed by atoms with Gasteiger partial charge in [-0.2, -0.15) is 4.99 Å². The number of carbonyl (C=O) groups is 1. The topological polar surface area (TPSA) is 96.0 Å². The molecule has 0 atom stereocenters. The highest BCUT2D eigenvalue weighted by atomic mass is 32.1. The van der Waals surface area contributed by atoms with Crippen LogP contribution in [0.1, 0.15) is 18.1 Å². The van der Waals surface area contributed by atoms with Crippen LogP contribution < -0.4 is 9.54 Å². The molecule has 0 saturated heterocycles. The number of nitrogens with zero attached hydrogens (tertiary/aromatic N) is 3. The van der Waals surface area contributed by atoms with Crippen molar-refractivity contribution in [1.29, 1.82) is 0 Å². The fraction of sp³-hybridized carbons (Fsp3) is 0.333. The minimum Gasteiger partial charge on any atom is -0.496 e. The Kier molecular flexibility index (Phi) is 6.96. The lowest BCUT2D eigenvalue weighted by Crippen LogP contribution is -2.20. The molecule has 0 bridgehead atoms. The van der Waals surface area contributed by atoms with Crippen LogP contribution in [0.25, 0.3) is 10.2 Å². The summed E-state index contributed by atoms with van der Waals surface area (Å²) in [4.78, 5) is 28.2. The molecule has 1 heterocycles. The smallest absolute Gasteiger partial charge is 0.271 e. The SMILES string of the molecule is CCOCCn1c(=NC(=O)Cc2ccc(OC)c(C)c2)sc2ccc([N+](=O)[O-])cc21. The van der Waals surface area contributed by atoms with Gasteiger partial charge in [0.05, 0.1) is 35.3 Å². The second kappa shape index (κ2) is 9.64. The van der Waals surface area contributed by atoms with Crippen molar-refractivity contribution < 1.29 is 19.2 Å². The number of non-ortho nitro benzene ring substituents is 1. The quantitative estimate of drug-likeness (QED) is 0.309. The molecular weight excluding hydrogens is 406 g/mol. The van der Waals surface area contributed by atoms with Gasteiger partial charge in [-0.05, 0) is 37.1 Å². The number of fused-ring (bicyclic) bond motifs is 1. The van der Waals surface area contributed by atoms with Gasteiger partial charge in [-0.3, -0.25) is 14.9 Å². The van der Waals surface area contributed by atoms with Crippen molar-refractivity contribution in [3.8, 4) is 5.75 Å². The Labute approximate surface area is 177 Å². The molecule has 2 aromatic carbocycles. The van der Waals surface area contributed by atoms with Gasteiger partial charge in [0.15, 0.2) is 4.80 Å². The van der Waals surface area contributed by atoms with Gasteiger partial charge in [0, 0.05) is 25.3 Å². The van der Waals surface area contributed by atoms with Crippen LogP contribution >= 0.6 is 11.3 Å². The van der Waals surface area contributed by atoms with Crippen LogP contribution in [0.15, 0.2) is 41.4 Å². The normalized spacial score (nSPS) is 11.8. The molecule has 3 aromatic rings. The van der Waals surface area contributed by atoms with Gasteiger partial charge in [-0.25, -0.2) is 0 Å². The maximum absolute atomic E-state index is 12.6. The molecule has 0 spiro atoms. The molecule has 9 heteroatoms. The standard InChI is InChI=1S/C21H23N3O5S/c1-4-29-10-9-23-17-13-16(24(26)27)6-8-19(17)30-21(23)22-20(25)12-15-5-7-18(28-3)14(2)11-15/h5-8,11,13H,4,9-10,12H2,1-3H3. The summed E-state index contributed by atoms with van der Waals surface area (Å²) in [5, 5.41) is 11.2. The van der Waals surface area contributed by atoms with E-state index in [1.807, 2.05) is 32.0 Å². The van der Waals surface area contributed by atoms with Crippen LogP contribution in [0.4, 0.5) is 5.69 Å². The number of rotatable bonds is 8. The summed E-state index contributed by atoms with van der Waals surface area (Å²) in [6.07, 6.45) is 0.157. The average Bonchev–Trinajstić information content (AvgIpc) is 3.04. The molecular formula is C21H23N3O5S. The lowest BCUT2D eigenvalue weighted by molar-refractivity contribution is -0.384. The van der Waals surface area contributed by atoms with Gasteiger partial charge >= 0.3 is 0 Å². The first-order valence-corrected chi connectivity index (χ1v) is 10.3. The summed E-state index contributed by atoms with van der Waals surface area (Å²) in [6.45, 7) is 5.25. The summed E-state index contributed by atoms with van der Waals surface area (Å²) in [6, 6.07) is 10.2. The molecule has 158 valence electrons. The highest BCUT2D eigenvalue weighted by Gasteiger charge is 2.13. The first kappa shape index (κ1) is 21.7. The van der Waals surface area contributed by atoms with Gasteiger partial charge in [0.1, 0.15) is 5.75 Å². The van der Waals surface area contributed by atoms with E-state index in [0.29, 0.717) is 30.1 Å². The number of methoxy groups -OCH3 is 1. The monoisotopic (exact) mass is 429 g/mol. The fourth-order valence-corrected chi connectivity index (χ4v) is 4.20. The van der Waals surface area contributed by atoms with Crippen LogP contribution in [-0.4, -0.2) is 35.7 Å². The Morgan fingerprint density at radius 1 is 1.27 bits per heavy atom. The van der Waals surface area contributed by atoms with E-state index < -0.39 is 4.92 Å². The maximum Gasteiger partial charge on any atom is 0.271 e. The van der Waals surface area contributed by atoms with Crippen molar-refractivity contribution in [2.24, 2.45) is 4.99 Å². The number of carbonyl (C=O) groups excluding carboxylic acids is 1. The lowest BCUT2D eigenvalue weighted by Gasteiger charge is -2.06. The third kappa shape index (κ3) is 4.92. The Morgan fingerprint density at radius 2 is 2.07 bits per heavy atom. The highest BCUT2D eigenvalue weighted by molar-refractivity contribution is 7.16. The Hall–Kier alpha value is -3.04. The van der Waals surface area contributed by atoms with Gasteiger partial charge in [0.2, 0.25) is 0 Å². The number of hydrogen-bond acceptors (Lipinski definition) is 6. The third-order valence-electron chi connectivity index (χ3n) is 4.57. The molecule has 0 aliphatic heterocycles. The molecule has 0 aliphatic carbocycles. The van der Waals surface area contributed by atoms with Gasteiger partial charge < -0.3 is 14.0 Å². The van der Waals surface area contributed by atoms with Crippen molar-refractivity contribution in [2.45, 2.75) is 26.8 Å². The maximum atomic E-state index is 12.6. The number of amides is 1. The second-order valence-corrected chi connectivity index (χ2v) is 7.64. The van der Waals surface area contributed by atoms with Gasteiger partial charge in [-0.1, -0.05) is 23.5 Å². The average molecular weight is 429 g/mol. The fourth-order valence-electron chi connectivity index (χ4n) is 3.14. The van der Waals surface area contributed by atoms with Crippen LogP contribution in [0.5, 0.6) is 5.75 Å². The number of aromatic nitrogens is 1. The van der Waals surface area contributed by atoms with Crippen LogP contribution in [0.2, 0.25) is 0 Å². The molecule has 8 nitrogen and oxygen atoms in total. The molecule has 3 rings (SSSR count). The van der Waals surface area contributed by atoms with Crippen LogP contribution in [0.3, 0.4) is 0 Å². The Balaban J connectivity index is 1.96. The van der Waals surface area contributed by atoms with Crippen LogP contribution in [-0.2, 0) is 22.5 Å². The number of thiazole rings is 1. The van der Waals surface area contributed by atoms with Crippen molar-refractivity contribution in [3.05, 3.63) is 62.4 Å². The summed E-state index contributed by atoms with van der Waals surface area (Å²) in [5.41, 5.74) is 2.46. The minimum absolute atomic E-state index is 0.00274. The predicted molar refractivity (Wildman–Crippen MR) is 115 cm³/mol. The van der Waals surface area contributed by atoms with Gasteiger partial charge in [0.25, 0.3) is 11.6 Å². The van der Waals surface area contributed by atoms with E-state index in [4.69, 9.17) is 9.47 Å². The van der Waals surface area contributed by atoms with E-state index in [1.54, 1.807) is 17.7 Å². The zero-order valence-corrected chi connectivity index (χ0v) is 17.9. The van der Waals surface area contributed by atoms with Crippen molar-refractivity contribution >= 4 is 33.1 Å². The van der Waals surface area contributed by atoms with Crippen molar-refractivity contribution in [1.82, 2.24) is 4.57 Å². The molecule has 0 aliphatic rings. The molecule has 0 radical (unpaired) electrons. The first-order valence-electron chi connectivity index (χ1n) is 9.49. The van der Waals surface area contributed by atoms with Crippen molar-refractivity contribution in [2.75, 3.05) is 20.3 Å². The van der Waals surface area contributed by atoms with E-state index in [-0.39, 0.29) is 18.0 Å². The zero-order chi connectivity index (χ0) is 21.7. The second-order valence-electron chi connectivity index (χ2n) is 6.63. The van der Waals surface area contributed by atoms with E-state index in [9.17, 15) is 14.9 Å². The summed E-state index contributed by atoms with van der Waals surface area (Å²) < 4.78 is 13.3. The number of benzene rings is 2. The van der Waals surface area contributed by atoms with E-state index >= 15 is 0 Å². The van der Waals surface area contributed by atoms with E-state index in [1.165, 1.54) is 23.5 Å². The molecule has 0 fully saturated rings. The van der Waals surface area contributed by atoms with Crippen LogP contribution in [0, 0.1) is 17.0 Å². The molecule has 0 N–H and O–H groups in total. The number of nitro groups is 1. The Bertz CT molecular complexity index is 1150. The molecule has 1 aromatic heterocycles. The lowest BCUT2D eigenvalue weighted by atomic mass is 10.1. The van der Waals surface area contributed by atoms with E-state index in [0.717, 1.165) is 21.6 Å². The molecule has 0 saturated carbocycles. The number of ether oxygens (including phenoxy) is 2.